The Morgan fingerprint density at radius 2 is 1.80 bits per heavy atom. The van der Waals surface area contributed by atoms with Crippen LogP contribution in [0, 0.1) is 17.3 Å². The van der Waals surface area contributed by atoms with Crippen molar-refractivity contribution in [1.82, 2.24) is 5.32 Å². The molecule has 0 aromatic heterocycles. The molecule has 0 amide bonds. The van der Waals surface area contributed by atoms with Crippen molar-refractivity contribution < 1.29 is 0 Å². The minimum atomic E-state index is 0.588. The predicted octanol–water partition coefficient (Wildman–Crippen LogP) is 3.59. The fourth-order valence-electron chi connectivity index (χ4n) is 3.54. The van der Waals surface area contributed by atoms with E-state index in [1.165, 1.54) is 32.1 Å². The lowest BCUT2D eigenvalue weighted by Gasteiger charge is -2.44. The molecule has 0 heterocycles. The van der Waals surface area contributed by atoms with Crippen LogP contribution in [0.1, 0.15) is 59.8 Å². The molecule has 15 heavy (non-hydrogen) atoms. The summed E-state index contributed by atoms with van der Waals surface area (Å²) in [4.78, 5) is 0. The molecule has 0 spiro atoms. The summed E-state index contributed by atoms with van der Waals surface area (Å²) in [5, 5.41) is 3.87. The van der Waals surface area contributed by atoms with E-state index in [4.69, 9.17) is 0 Å². The van der Waals surface area contributed by atoms with Crippen LogP contribution in [0.4, 0.5) is 0 Å². The van der Waals surface area contributed by atoms with Crippen LogP contribution in [0.3, 0.4) is 0 Å². The lowest BCUT2D eigenvalue weighted by molar-refractivity contribution is 0.118. The Bertz CT molecular complexity index is 215. The molecule has 1 N–H and O–H groups in total. The van der Waals surface area contributed by atoms with Gasteiger partial charge in [0, 0.05) is 12.1 Å². The van der Waals surface area contributed by atoms with E-state index in [0.29, 0.717) is 5.41 Å². The molecule has 0 bridgehead atoms. The van der Waals surface area contributed by atoms with Crippen molar-refractivity contribution in [3.63, 3.8) is 0 Å². The minimum Gasteiger partial charge on any atom is -0.311 e. The molecule has 2 unspecified atom stereocenters. The normalized spacial score (nSPS) is 44.8. The molecular formula is C14H27N. The van der Waals surface area contributed by atoms with E-state index < -0.39 is 0 Å². The Morgan fingerprint density at radius 1 is 1.13 bits per heavy atom. The van der Waals surface area contributed by atoms with Crippen LogP contribution in [0.5, 0.6) is 0 Å². The molecular weight excluding hydrogens is 182 g/mol. The third-order valence-electron chi connectivity index (χ3n) is 4.52. The average Bonchev–Trinajstić information content (AvgIpc) is 2.05. The highest BCUT2D eigenvalue weighted by Crippen LogP contribution is 2.39. The molecule has 2 rings (SSSR count). The standard InChI is InChI=1S/C14H27N/c1-10-7-12(8-10)15-13-5-6-14(3,4)9-11(13)2/h10-13,15H,5-9H2,1-4H3. The van der Waals surface area contributed by atoms with Gasteiger partial charge >= 0.3 is 0 Å². The molecule has 1 heteroatoms. The number of hydrogen-bond acceptors (Lipinski definition) is 1. The second-order valence-corrected chi connectivity index (χ2v) is 6.93. The lowest BCUT2D eigenvalue weighted by Crippen LogP contribution is -2.50. The van der Waals surface area contributed by atoms with Crippen molar-refractivity contribution in [3.8, 4) is 0 Å². The van der Waals surface area contributed by atoms with Crippen LogP contribution >= 0.6 is 0 Å². The molecule has 2 aliphatic rings. The molecule has 2 aliphatic carbocycles. The van der Waals surface area contributed by atoms with Gasteiger partial charge in [0.1, 0.15) is 0 Å². The molecule has 2 fully saturated rings. The van der Waals surface area contributed by atoms with Crippen LogP contribution in [-0.2, 0) is 0 Å². The first-order valence-electron chi connectivity index (χ1n) is 6.72. The zero-order valence-electron chi connectivity index (χ0n) is 10.8. The van der Waals surface area contributed by atoms with Crippen molar-refractivity contribution in [2.45, 2.75) is 71.9 Å². The number of hydrogen-bond donors (Lipinski definition) is 1. The summed E-state index contributed by atoms with van der Waals surface area (Å²) in [6.07, 6.45) is 7.00. The Morgan fingerprint density at radius 3 is 2.33 bits per heavy atom. The van der Waals surface area contributed by atoms with E-state index in [9.17, 15) is 0 Å². The smallest absolute Gasteiger partial charge is 0.00956 e. The van der Waals surface area contributed by atoms with E-state index in [0.717, 1.165) is 23.9 Å². The maximum atomic E-state index is 3.87. The molecule has 0 saturated heterocycles. The summed E-state index contributed by atoms with van der Waals surface area (Å²) in [7, 11) is 0. The SMILES string of the molecule is CC1CC(NC2CCC(C)(C)CC2C)C1. The number of nitrogens with one attached hydrogen (secondary N) is 1. The molecule has 0 aromatic rings. The van der Waals surface area contributed by atoms with Crippen LogP contribution in [0.15, 0.2) is 0 Å². The van der Waals surface area contributed by atoms with Gasteiger partial charge in [-0.1, -0.05) is 27.7 Å². The van der Waals surface area contributed by atoms with Crippen molar-refractivity contribution in [3.05, 3.63) is 0 Å². The molecule has 0 aromatic carbocycles. The third-order valence-corrected chi connectivity index (χ3v) is 4.52. The van der Waals surface area contributed by atoms with Gasteiger partial charge in [0.2, 0.25) is 0 Å². The van der Waals surface area contributed by atoms with Crippen molar-refractivity contribution in [1.29, 1.82) is 0 Å². The molecule has 0 aliphatic heterocycles. The highest BCUT2D eigenvalue weighted by atomic mass is 15.0. The average molecular weight is 209 g/mol. The molecule has 2 atom stereocenters. The fourth-order valence-corrected chi connectivity index (χ4v) is 3.54. The minimum absolute atomic E-state index is 0.588. The summed E-state index contributed by atoms with van der Waals surface area (Å²) in [6.45, 7) is 9.64. The molecule has 0 radical (unpaired) electrons. The summed E-state index contributed by atoms with van der Waals surface area (Å²) in [5.74, 6) is 1.84. The second-order valence-electron chi connectivity index (χ2n) is 6.93. The van der Waals surface area contributed by atoms with E-state index >= 15 is 0 Å². The van der Waals surface area contributed by atoms with E-state index in [1.807, 2.05) is 0 Å². The summed E-state index contributed by atoms with van der Waals surface area (Å²) in [6, 6.07) is 1.64. The Hall–Kier alpha value is -0.0400. The first kappa shape index (κ1) is 11.4. The Kier molecular flexibility index (Phi) is 3.12. The first-order chi connectivity index (χ1) is 6.96. The maximum absolute atomic E-state index is 3.87. The number of rotatable bonds is 2. The monoisotopic (exact) mass is 209 g/mol. The molecule has 1 nitrogen and oxygen atoms in total. The van der Waals surface area contributed by atoms with Gasteiger partial charge in [0.05, 0.1) is 0 Å². The van der Waals surface area contributed by atoms with Gasteiger partial charge in [0.25, 0.3) is 0 Å². The van der Waals surface area contributed by atoms with Gasteiger partial charge in [-0.25, -0.2) is 0 Å². The zero-order chi connectivity index (χ0) is 11.1. The van der Waals surface area contributed by atoms with Crippen molar-refractivity contribution in [2.24, 2.45) is 17.3 Å². The summed E-state index contributed by atoms with van der Waals surface area (Å²) in [5.41, 5.74) is 0.588. The van der Waals surface area contributed by atoms with Gasteiger partial charge in [0.15, 0.2) is 0 Å². The Balaban J connectivity index is 1.79. The van der Waals surface area contributed by atoms with Gasteiger partial charge in [-0.2, -0.15) is 0 Å². The first-order valence-corrected chi connectivity index (χ1v) is 6.72. The second kappa shape index (κ2) is 4.08. The van der Waals surface area contributed by atoms with Crippen molar-refractivity contribution in [2.75, 3.05) is 0 Å². The third kappa shape index (κ3) is 2.75. The largest absolute Gasteiger partial charge is 0.311 e. The molecule has 2 saturated carbocycles. The van der Waals surface area contributed by atoms with Crippen LogP contribution in [0.2, 0.25) is 0 Å². The van der Waals surface area contributed by atoms with Gasteiger partial charge < -0.3 is 5.32 Å². The lowest BCUT2D eigenvalue weighted by atomic mass is 9.70. The highest BCUT2D eigenvalue weighted by Gasteiger charge is 2.35. The predicted molar refractivity (Wildman–Crippen MR) is 65.9 cm³/mol. The highest BCUT2D eigenvalue weighted by molar-refractivity contribution is 4.91. The van der Waals surface area contributed by atoms with E-state index in [-0.39, 0.29) is 0 Å². The van der Waals surface area contributed by atoms with Gasteiger partial charge in [-0.15, -0.1) is 0 Å². The van der Waals surface area contributed by atoms with Gasteiger partial charge in [-0.05, 0) is 49.4 Å². The maximum Gasteiger partial charge on any atom is 0.00956 e. The Labute approximate surface area is 95.0 Å². The van der Waals surface area contributed by atoms with Crippen molar-refractivity contribution >= 4 is 0 Å². The van der Waals surface area contributed by atoms with Crippen LogP contribution < -0.4 is 5.32 Å². The topological polar surface area (TPSA) is 12.0 Å². The van der Waals surface area contributed by atoms with Crippen LogP contribution in [-0.4, -0.2) is 12.1 Å². The van der Waals surface area contributed by atoms with Gasteiger partial charge in [-0.3, -0.25) is 0 Å². The van der Waals surface area contributed by atoms with E-state index in [1.54, 1.807) is 0 Å². The van der Waals surface area contributed by atoms with Crippen LogP contribution in [0.25, 0.3) is 0 Å². The van der Waals surface area contributed by atoms with E-state index in [2.05, 4.69) is 33.0 Å². The molecule has 88 valence electrons. The summed E-state index contributed by atoms with van der Waals surface area (Å²) >= 11 is 0. The zero-order valence-corrected chi connectivity index (χ0v) is 10.8. The quantitative estimate of drug-likeness (QED) is 0.733. The fraction of sp³-hybridized carbons (Fsp3) is 1.00. The summed E-state index contributed by atoms with van der Waals surface area (Å²) < 4.78 is 0.